The Morgan fingerprint density at radius 1 is 1.04 bits per heavy atom. The van der Waals surface area contributed by atoms with Crippen LogP contribution in [0, 0.1) is 20.8 Å². The van der Waals surface area contributed by atoms with Crippen LogP contribution in [0.15, 0.2) is 36.4 Å². The molecule has 0 fully saturated rings. The number of aryl methyl sites for hydroxylation is 3. The Morgan fingerprint density at radius 3 is 2.42 bits per heavy atom. The van der Waals surface area contributed by atoms with Crippen molar-refractivity contribution in [3.8, 4) is 5.75 Å². The normalized spacial score (nSPS) is 11.6. The van der Waals surface area contributed by atoms with Crippen molar-refractivity contribution in [2.24, 2.45) is 0 Å². The first kappa shape index (κ1) is 19.5. The zero-order valence-corrected chi connectivity index (χ0v) is 15.9. The zero-order chi connectivity index (χ0) is 19.3. The average Bonchev–Trinajstić information content (AvgIpc) is 2.59. The van der Waals surface area contributed by atoms with Gasteiger partial charge in [-0.3, -0.25) is 4.79 Å². The highest BCUT2D eigenvalue weighted by molar-refractivity contribution is 5.96. The minimum atomic E-state index is -0.653. The molecular weight excluding hydrogens is 330 g/mol. The predicted octanol–water partition coefficient (Wildman–Crippen LogP) is 4.19. The smallest absolute Gasteiger partial charge is 0.338 e. The Labute approximate surface area is 154 Å². The lowest BCUT2D eigenvalue weighted by Gasteiger charge is -2.17. The van der Waals surface area contributed by atoms with E-state index in [1.54, 1.807) is 32.0 Å². The van der Waals surface area contributed by atoms with Gasteiger partial charge in [0.25, 0.3) is 5.91 Å². The number of carbonyl (C=O) groups excluding carboxylic acids is 2. The Bertz CT molecular complexity index is 814. The molecule has 0 saturated carbocycles. The molecule has 1 N–H and O–H groups in total. The number of anilines is 1. The maximum Gasteiger partial charge on any atom is 0.338 e. The SMILES string of the molecule is CCOC(=O)c1ccc(NC(=O)[C@@H](C)Oc2cc(C)ccc2C)c(C)c1. The van der Waals surface area contributed by atoms with Gasteiger partial charge in [-0.2, -0.15) is 0 Å². The summed E-state index contributed by atoms with van der Waals surface area (Å²) in [5.74, 6) is 0.0695. The van der Waals surface area contributed by atoms with Crippen molar-refractivity contribution in [1.82, 2.24) is 0 Å². The van der Waals surface area contributed by atoms with Crippen LogP contribution in [0.4, 0.5) is 5.69 Å². The maximum atomic E-state index is 12.5. The molecular formula is C21H25NO4. The fourth-order valence-electron chi connectivity index (χ4n) is 2.46. The van der Waals surface area contributed by atoms with Gasteiger partial charge in [0.15, 0.2) is 6.10 Å². The molecule has 0 unspecified atom stereocenters. The average molecular weight is 355 g/mol. The van der Waals surface area contributed by atoms with Crippen molar-refractivity contribution in [1.29, 1.82) is 0 Å². The van der Waals surface area contributed by atoms with Crippen molar-refractivity contribution < 1.29 is 19.1 Å². The van der Waals surface area contributed by atoms with E-state index in [0.717, 1.165) is 16.7 Å². The number of ether oxygens (including phenoxy) is 2. The zero-order valence-electron chi connectivity index (χ0n) is 15.9. The third-order valence-electron chi connectivity index (χ3n) is 4.01. The van der Waals surface area contributed by atoms with Crippen LogP contribution < -0.4 is 10.1 Å². The molecule has 0 aliphatic rings. The second-order valence-electron chi connectivity index (χ2n) is 6.27. The van der Waals surface area contributed by atoms with Crippen LogP contribution in [0.3, 0.4) is 0 Å². The highest BCUT2D eigenvalue weighted by atomic mass is 16.5. The third kappa shape index (κ3) is 4.85. The van der Waals surface area contributed by atoms with Gasteiger partial charge in [0.2, 0.25) is 0 Å². The molecule has 5 nitrogen and oxygen atoms in total. The van der Waals surface area contributed by atoms with E-state index in [2.05, 4.69) is 5.32 Å². The molecule has 2 aromatic rings. The van der Waals surface area contributed by atoms with Gasteiger partial charge in [-0.05, 0) is 75.6 Å². The lowest BCUT2D eigenvalue weighted by Crippen LogP contribution is -2.30. The van der Waals surface area contributed by atoms with E-state index in [1.807, 2.05) is 39.0 Å². The van der Waals surface area contributed by atoms with E-state index in [1.165, 1.54) is 0 Å². The first-order valence-corrected chi connectivity index (χ1v) is 8.64. The van der Waals surface area contributed by atoms with Crippen molar-refractivity contribution in [2.45, 2.75) is 40.7 Å². The van der Waals surface area contributed by atoms with Crippen LogP contribution in [0.25, 0.3) is 0 Å². The van der Waals surface area contributed by atoms with E-state index in [-0.39, 0.29) is 11.9 Å². The van der Waals surface area contributed by atoms with Crippen LogP contribution in [-0.4, -0.2) is 24.6 Å². The number of carbonyl (C=O) groups is 2. The number of nitrogens with one attached hydrogen (secondary N) is 1. The van der Waals surface area contributed by atoms with Gasteiger partial charge in [0.1, 0.15) is 5.75 Å². The van der Waals surface area contributed by atoms with Gasteiger partial charge in [-0.1, -0.05) is 12.1 Å². The molecule has 0 aliphatic carbocycles. The largest absolute Gasteiger partial charge is 0.481 e. The van der Waals surface area contributed by atoms with Crippen molar-refractivity contribution in [2.75, 3.05) is 11.9 Å². The maximum absolute atomic E-state index is 12.5. The van der Waals surface area contributed by atoms with Crippen LogP contribution in [0.2, 0.25) is 0 Å². The molecule has 0 heterocycles. The Kier molecular flexibility index (Phi) is 6.39. The molecule has 0 spiro atoms. The van der Waals surface area contributed by atoms with E-state index in [9.17, 15) is 9.59 Å². The molecule has 2 rings (SSSR count). The fourth-order valence-corrected chi connectivity index (χ4v) is 2.46. The summed E-state index contributed by atoms with van der Waals surface area (Å²) in [5.41, 5.74) is 3.93. The lowest BCUT2D eigenvalue weighted by atomic mass is 10.1. The summed E-state index contributed by atoms with van der Waals surface area (Å²) in [5, 5.41) is 2.85. The van der Waals surface area contributed by atoms with Gasteiger partial charge >= 0.3 is 5.97 Å². The van der Waals surface area contributed by atoms with Gasteiger partial charge < -0.3 is 14.8 Å². The van der Waals surface area contributed by atoms with E-state index < -0.39 is 6.10 Å². The van der Waals surface area contributed by atoms with Crippen molar-refractivity contribution in [3.63, 3.8) is 0 Å². The minimum Gasteiger partial charge on any atom is -0.481 e. The quantitative estimate of drug-likeness (QED) is 0.789. The number of esters is 1. The third-order valence-corrected chi connectivity index (χ3v) is 4.01. The summed E-state index contributed by atoms with van der Waals surface area (Å²) in [4.78, 5) is 24.2. The fraction of sp³-hybridized carbons (Fsp3) is 0.333. The van der Waals surface area contributed by atoms with Crippen LogP contribution in [0.5, 0.6) is 5.75 Å². The monoisotopic (exact) mass is 355 g/mol. The summed E-state index contributed by atoms with van der Waals surface area (Å²) in [6.07, 6.45) is -0.653. The highest BCUT2D eigenvalue weighted by Crippen LogP contribution is 2.22. The topological polar surface area (TPSA) is 64.6 Å². The Morgan fingerprint density at radius 2 is 1.77 bits per heavy atom. The standard InChI is InChI=1S/C21H25NO4/c1-6-25-21(24)17-9-10-18(15(4)12-17)22-20(23)16(5)26-19-11-13(2)7-8-14(19)3/h7-12,16H,6H2,1-5H3,(H,22,23)/t16-/m1/s1. The molecule has 138 valence electrons. The molecule has 1 amide bonds. The Hall–Kier alpha value is -2.82. The van der Waals surface area contributed by atoms with Crippen LogP contribution in [0.1, 0.15) is 40.9 Å². The van der Waals surface area contributed by atoms with Crippen molar-refractivity contribution in [3.05, 3.63) is 58.7 Å². The molecule has 5 heteroatoms. The van der Waals surface area contributed by atoms with E-state index >= 15 is 0 Å². The van der Waals surface area contributed by atoms with Gasteiger partial charge in [-0.25, -0.2) is 4.79 Å². The summed E-state index contributed by atoms with van der Waals surface area (Å²) < 4.78 is 10.8. The van der Waals surface area contributed by atoms with Crippen molar-refractivity contribution >= 4 is 17.6 Å². The molecule has 1 atom stereocenters. The number of benzene rings is 2. The first-order valence-electron chi connectivity index (χ1n) is 8.64. The van der Waals surface area contributed by atoms with Gasteiger partial charge in [-0.15, -0.1) is 0 Å². The summed E-state index contributed by atoms with van der Waals surface area (Å²) in [6.45, 7) is 9.54. The number of hydrogen-bond donors (Lipinski definition) is 1. The second kappa shape index (κ2) is 8.52. The predicted molar refractivity (Wildman–Crippen MR) is 102 cm³/mol. The lowest BCUT2D eigenvalue weighted by molar-refractivity contribution is -0.122. The van der Waals surface area contributed by atoms with Crippen LogP contribution >= 0.6 is 0 Å². The summed E-state index contributed by atoms with van der Waals surface area (Å²) in [7, 11) is 0. The van der Waals surface area contributed by atoms with E-state index in [0.29, 0.717) is 23.6 Å². The van der Waals surface area contributed by atoms with Gasteiger partial charge in [0, 0.05) is 5.69 Å². The number of rotatable bonds is 6. The van der Waals surface area contributed by atoms with Crippen LogP contribution in [-0.2, 0) is 9.53 Å². The Balaban J connectivity index is 2.06. The summed E-state index contributed by atoms with van der Waals surface area (Å²) >= 11 is 0. The number of amides is 1. The molecule has 0 bridgehead atoms. The molecule has 0 aromatic heterocycles. The number of hydrogen-bond acceptors (Lipinski definition) is 4. The minimum absolute atomic E-state index is 0.252. The van der Waals surface area contributed by atoms with Gasteiger partial charge in [0.05, 0.1) is 12.2 Å². The molecule has 2 aromatic carbocycles. The molecule has 26 heavy (non-hydrogen) atoms. The second-order valence-corrected chi connectivity index (χ2v) is 6.27. The highest BCUT2D eigenvalue weighted by Gasteiger charge is 2.17. The molecule has 0 radical (unpaired) electrons. The van der Waals surface area contributed by atoms with E-state index in [4.69, 9.17) is 9.47 Å². The molecule has 0 saturated heterocycles. The molecule has 0 aliphatic heterocycles. The first-order chi connectivity index (χ1) is 12.3. The summed E-state index contributed by atoms with van der Waals surface area (Å²) in [6, 6.07) is 10.9.